The summed E-state index contributed by atoms with van der Waals surface area (Å²) in [6.07, 6.45) is 0. The number of hydrogen-bond donors (Lipinski definition) is 0. The van der Waals surface area contributed by atoms with Crippen LogP contribution >= 0.6 is 11.3 Å². The van der Waals surface area contributed by atoms with Crippen molar-refractivity contribution in [2.75, 3.05) is 20.3 Å². The lowest BCUT2D eigenvalue weighted by molar-refractivity contribution is -0.385. The summed E-state index contributed by atoms with van der Waals surface area (Å²) in [5.41, 5.74) is 0.0675. The predicted molar refractivity (Wildman–Crippen MR) is 94.4 cm³/mol. The lowest BCUT2D eigenvalue weighted by atomic mass is 10.1. The zero-order chi connectivity index (χ0) is 19.3. The van der Waals surface area contributed by atoms with Crippen LogP contribution in [0, 0.1) is 17.0 Å². The fraction of sp³-hybridized carbons (Fsp3) is 0.375. The van der Waals surface area contributed by atoms with Crippen molar-refractivity contribution in [1.82, 2.24) is 4.57 Å². The molecular weight excluding hydrogens is 364 g/mol. The van der Waals surface area contributed by atoms with Crippen LogP contribution in [0.5, 0.6) is 11.5 Å². The molecule has 10 heteroatoms. The molecule has 0 saturated carbocycles. The number of nitro benzene ring substituents is 1. The Morgan fingerprint density at radius 3 is 2.62 bits per heavy atom. The molecule has 0 aliphatic carbocycles. The zero-order valence-electron chi connectivity index (χ0n) is 14.5. The first-order valence-electron chi connectivity index (χ1n) is 7.70. The van der Waals surface area contributed by atoms with Crippen molar-refractivity contribution in [1.29, 1.82) is 0 Å². The summed E-state index contributed by atoms with van der Waals surface area (Å²) in [7, 11) is 1.35. The average Bonchev–Trinajstić information content (AvgIpc) is 2.93. The van der Waals surface area contributed by atoms with E-state index in [1.165, 1.54) is 17.7 Å². The van der Waals surface area contributed by atoms with Gasteiger partial charge in [0.25, 0.3) is 5.69 Å². The van der Waals surface area contributed by atoms with Crippen molar-refractivity contribution in [2.45, 2.75) is 20.4 Å². The first-order valence-corrected chi connectivity index (χ1v) is 8.58. The number of nitro groups is 1. The number of thiazole rings is 1. The van der Waals surface area contributed by atoms with E-state index >= 15 is 0 Å². The average molecular weight is 382 g/mol. The maximum atomic E-state index is 12.3. The van der Waals surface area contributed by atoms with E-state index in [1.54, 1.807) is 19.2 Å². The molecule has 0 spiro atoms. The smallest absolute Gasteiger partial charge is 0.345 e. The van der Waals surface area contributed by atoms with Crippen molar-refractivity contribution < 1.29 is 23.9 Å². The third kappa shape index (κ3) is 4.20. The van der Waals surface area contributed by atoms with Gasteiger partial charge in [-0.25, -0.2) is 4.79 Å². The van der Waals surface area contributed by atoms with E-state index in [4.69, 9.17) is 14.2 Å². The van der Waals surface area contributed by atoms with E-state index in [1.807, 2.05) is 0 Å². The van der Waals surface area contributed by atoms with Crippen molar-refractivity contribution in [2.24, 2.45) is 0 Å². The van der Waals surface area contributed by atoms with Crippen molar-refractivity contribution >= 4 is 23.0 Å². The highest BCUT2D eigenvalue weighted by Crippen LogP contribution is 2.35. The van der Waals surface area contributed by atoms with Gasteiger partial charge < -0.3 is 14.2 Å². The minimum Gasteiger partial charge on any atom is -0.493 e. The summed E-state index contributed by atoms with van der Waals surface area (Å²) in [6, 6.07) is 2.35. The number of aromatic nitrogens is 1. The first kappa shape index (κ1) is 19.4. The third-order valence-corrected chi connectivity index (χ3v) is 4.40. The van der Waals surface area contributed by atoms with Crippen LogP contribution in [-0.2, 0) is 11.3 Å². The molecule has 0 saturated heterocycles. The molecule has 0 amide bonds. The molecule has 0 fully saturated rings. The fourth-order valence-electron chi connectivity index (χ4n) is 2.27. The van der Waals surface area contributed by atoms with Gasteiger partial charge in [0.15, 0.2) is 11.5 Å². The molecule has 2 rings (SSSR count). The van der Waals surface area contributed by atoms with Gasteiger partial charge in [0.05, 0.1) is 31.3 Å². The standard InChI is InChI=1S/C16H18N2O7S/c1-4-24-14-7-11(12(18(21)22)8-13(14)23-3)15(19)25-6-5-17-10(2)9-26-16(17)20/h7-9H,4-6H2,1-3H3. The highest BCUT2D eigenvalue weighted by atomic mass is 32.1. The number of benzene rings is 1. The molecule has 26 heavy (non-hydrogen) atoms. The quantitative estimate of drug-likeness (QED) is 0.392. The van der Waals surface area contributed by atoms with Gasteiger partial charge in [-0.1, -0.05) is 11.3 Å². The summed E-state index contributed by atoms with van der Waals surface area (Å²) < 4.78 is 17.0. The molecule has 1 heterocycles. The summed E-state index contributed by atoms with van der Waals surface area (Å²) in [5.74, 6) is -0.519. The SMILES string of the molecule is CCOc1cc(C(=O)OCCn2c(C)csc2=O)c([N+](=O)[O-])cc1OC. The Bertz CT molecular complexity index is 872. The third-order valence-electron chi connectivity index (χ3n) is 3.52. The highest BCUT2D eigenvalue weighted by Gasteiger charge is 2.26. The van der Waals surface area contributed by atoms with Crippen molar-refractivity contribution in [3.63, 3.8) is 0 Å². The van der Waals surface area contributed by atoms with Crippen molar-refractivity contribution in [3.05, 3.63) is 48.6 Å². The maximum Gasteiger partial charge on any atom is 0.345 e. The molecular formula is C16H18N2O7S. The number of rotatable bonds is 8. The number of methoxy groups -OCH3 is 1. The van der Waals surface area contributed by atoms with Gasteiger partial charge in [-0.15, -0.1) is 0 Å². The normalized spacial score (nSPS) is 10.4. The second-order valence-corrected chi connectivity index (χ2v) is 5.96. The largest absolute Gasteiger partial charge is 0.493 e. The van der Waals surface area contributed by atoms with Crippen LogP contribution in [0.3, 0.4) is 0 Å². The molecule has 9 nitrogen and oxygen atoms in total. The Morgan fingerprint density at radius 2 is 2.08 bits per heavy atom. The lowest BCUT2D eigenvalue weighted by Crippen LogP contribution is -2.20. The molecule has 0 N–H and O–H groups in total. The number of nitrogens with zero attached hydrogens (tertiary/aromatic N) is 2. The Kier molecular flexibility index (Phi) is 6.34. The number of esters is 1. The molecule has 1 aromatic heterocycles. The van der Waals surface area contributed by atoms with Crippen LogP contribution in [0.1, 0.15) is 23.0 Å². The monoisotopic (exact) mass is 382 g/mol. The van der Waals surface area contributed by atoms with Crippen LogP contribution in [0.25, 0.3) is 0 Å². The molecule has 0 atom stereocenters. The number of carbonyl (C=O) groups is 1. The Hall–Kier alpha value is -2.88. The zero-order valence-corrected chi connectivity index (χ0v) is 15.3. The second-order valence-electron chi connectivity index (χ2n) is 5.14. The van der Waals surface area contributed by atoms with Crippen LogP contribution < -0.4 is 14.3 Å². The van der Waals surface area contributed by atoms with Crippen molar-refractivity contribution in [3.8, 4) is 11.5 Å². The van der Waals surface area contributed by atoms with Crippen LogP contribution in [0.4, 0.5) is 5.69 Å². The Labute approximate surface area is 152 Å². The number of hydrogen-bond acceptors (Lipinski definition) is 8. The van der Waals surface area contributed by atoms with Gasteiger partial charge >= 0.3 is 10.8 Å². The van der Waals surface area contributed by atoms with E-state index in [0.717, 1.165) is 23.1 Å². The molecule has 1 aromatic carbocycles. The first-order chi connectivity index (χ1) is 12.4. The molecule has 0 aliphatic rings. The van der Waals surface area contributed by atoms with Crippen LogP contribution in [-0.4, -0.2) is 35.8 Å². The van der Waals surface area contributed by atoms with E-state index in [9.17, 15) is 19.7 Å². The maximum absolute atomic E-state index is 12.3. The van der Waals surface area contributed by atoms with Gasteiger partial charge in [0.1, 0.15) is 12.2 Å². The summed E-state index contributed by atoms with van der Waals surface area (Å²) >= 11 is 1.05. The molecule has 140 valence electrons. The number of aryl methyl sites for hydroxylation is 1. The summed E-state index contributed by atoms with van der Waals surface area (Å²) in [6.45, 7) is 3.87. The van der Waals surface area contributed by atoms with E-state index in [-0.39, 0.29) is 35.1 Å². The van der Waals surface area contributed by atoms with E-state index < -0.39 is 16.6 Å². The van der Waals surface area contributed by atoms with E-state index in [2.05, 4.69) is 0 Å². The van der Waals surface area contributed by atoms with Gasteiger partial charge in [0, 0.05) is 17.1 Å². The molecule has 0 radical (unpaired) electrons. The van der Waals surface area contributed by atoms with Gasteiger partial charge in [-0.2, -0.15) is 0 Å². The minimum atomic E-state index is -0.874. The Balaban J connectivity index is 2.22. The highest BCUT2D eigenvalue weighted by molar-refractivity contribution is 7.07. The second kappa shape index (κ2) is 8.48. The molecule has 0 aliphatic heterocycles. The van der Waals surface area contributed by atoms with Crippen LogP contribution in [0.2, 0.25) is 0 Å². The van der Waals surface area contributed by atoms with Crippen LogP contribution in [0.15, 0.2) is 22.3 Å². The van der Waals surface area contributed by atoms with E-state index in [0.29, 0.717) is 6.61 Å². The fourth-order valence-corrected chi connectivity index (χ4v) is 3.03. The minimum absolute atomic E-state index is 0.0938. The van der Waals surface area contributed by atoms with Gasteiger partial charge in [-0.3, -0.25) is 19.5 Å². The molecule has 0 bridgehead atoms. The van der Waals surface area contributed by atoms with Gasteiger partial charge in [-0.05, 0) is 13.8 Å². The predicted octanol–water partition coefficient (Wildman–Crippen LogP) is 2.39. The lowest BCUT2D eigenvalue weighted by Gasteiger charge is -2.12. The summed E-state index contributed by atoms with van der Waals surface area (Å²) in [5, 5.41) is 13.0. The topological polar surface area (TPSA) is 110 Å². The molecule has 0 unspecified atom stereocenters. The van der Waals surface area contributed by atoms with Gasteiger partial charge in [0.2, 0.25) is 0 Å². The Morgan fingerprint density at radius 1 is 1.35 bits per heavy atom. The number of carbonyl (C=O) groups excluding carboxylic acids is 1. The molecule has 2 aromatic rings. The summed E-state index contributed by atoms with van der Waals surface area (Å²) in [4.78, 5) is 34.4. The number of ether oxygens (including phenoxy) is 3.